The first-order chi connectivity index (χ1) is 8.32. The number of carbonyl (C=O) groups excluding carboxylic acids is 1. The van der Waals surface area contributed by atoms with Crippen molar-refractivity contribution in [1.82, 2.24) is 4.90 Å². The van der Waals surface area contributed by atoms with E-state index in [9.17, 15) is 9.90 Å². The van der Waals surface area contributed by atoms with Gasteiger partial charge in [-0.1, -0.05) is 12.8 Å². The first-order valence-electron chi connectivity index (χ1n) is 6.98. The number of carbonyl (C=O) groups is 1. The van der Waals surface area contributed by atoms with Crippen LogP contribution in [0.5, 0.6) is 0 Å². The molecule has 1 unspecified atom stereocenters. The summed E-state index contributed by atoms with van der Waals surface area (Å²) in [5.74, 6) is 0. The summed E-state index contributed by atoms with van der Waals surface area (Å²) in [4.78, 5) is 13.9. The molecule has 0 aromatic carbocycles. The summed E-state index contributed by atoms with van der Waals surface area (Å²) in [5, 5.41) is 10.2. The maximum atomic E-state index is 12.1. The first kappa shape index (κ1) is 13.7. The van der Waals surface area contributed by atoms with Gasteiger partial charge in [0.2, 0.25) is 0 Å². The molecule has 104 valence electrons. The van der Waals surface area contributed by atoms with Crippen LogP contribution in [0.2, 0.25) is 0 Å². The van der Waals surface area contributed by atoms with Gasteiger partial charge in [-0.3, -0.25) is 0 Å². The Bertz CT molecular complexity index is 315. The van der Waals surface area contributed by atoms with Gasteiger partial charge in [-0.05, 0) is 40.0 Å². The van der Waals surface area contributed by atoms with Gasteiger partial charge in [-0.25, -0.2) is 4.79 Å². The Morgan fingerprint density at radius 2 is 1.94 bits per heavy atom. The highest BCUT2D eigenvalue weighted by Crippen LogP contribution is 2.45. The summed E-state index contributed by atoms with van der Waals surface area (Å²) < 4.78 is 5.42. The molecule has 1 aliphatic carbocycles. The average molecular weight is 255 g/mol. The molecule has 1 saturated heterocycles. The number of aliphatic hydroxyl groups excluding tert-OH is 1. The Labute approximate surface area is 109 Å². The molecule has 0 aromatic rings. The van der Waals surface area contributed by atoms with Crippen molar-refractivity contribution < 1.29 is 14.6 Å². The van der Waals surface area contributed by atoms with Gasteiger partial charge in [0.1, 0.15) is 5.60 Å². The monoisotopic (exact) mass is 255 g/mol. The minimum absolute atomic E-state index is 0.0604. The molecule has 1 spiro atoms. The number of amides is 1. The topological polar surface area (TPSA) is 49.8 Å². The number of nitrogens with zero attached hydrogens (tertiary/aromatic N) is 1. The Hall–Kier alpha value is -0.770. The van der Waals surface area contributed by atoms with Crippen molar-refractivity contribution in [2.24, 2.45) is 5.41 Å². The molecule has 1 aliphatic heterocycles. The van der Waals surface area contributed by atoms with Crippen LogP contribution in [0.4, 0.5) is 4.79 Å². The van der Waals surface area contributed by atoms with E-state index >= 15 is 0 Å². The molecule has 0 radical (unpaired) electrons. The molecule has 18 heavy (non-hydrogen) atoms. The minimum Gasteiger partial charge on any atom is -0.444 e. The molecule has 4 heteroatoms. The van der Waals surface area contributed by atoms with Gasteiger partial charge in [-0.2, -0.15) is 0 Å². The highest BCUT2D eigenvalue weighted by atomic mass is 16.6. The number of piperidine rings is 1. The third kappa shape index (κ3) is 2.79. The molecular formula is C14H25NO3. The molecule has 4 nitrogen and oxygen atoms in total. The highest BCUT2D eigenvalue weighted by Gasteiger charge is 2.46. The Balaban J connectivity index is 2.01. The van der Waals surface area contributed by atoms with Crippen molar-refractivity contribution in [2.45, 2.75) is 64.6 Å². The molecular weight excluding hydrogens is 230 g/mol. The summed E-state index contributed by atoms with van der Waals surface area (Å²) in [7, 11) is 0. The normalized spacial score (nSPS) is 27.6. The largest absolute Gasteiger partial charge is 0.444 e. The number of likely N-dealkylation sites (tertiary alicyclic amines) is 1. The van der Waals surface area contributed by atoms with Gasteiger partial charge >= 0.3 is 6.09 Å². The number of rotatable bonds is 0. The van der Waals surface area contributed by atoms with E-state index in [1.165, 1.54) is 12.8 Å². The summed E-state index contributed by atoms with van der Waals surface area (Å²) in [6.07, 6.45) is 4.60. The summed E-state index contributed by atoms with van der Waals surface area (Å²) in [5.41, 5.74) is -0.509. The predicted octanol–water partition coefficient (Wildman–Crippen LogP) is 2.55. The second kappa shape index (κ2) is 4.72. The van der Waals surface area contributed by atoms with Crippen LogP contribution in [0.1, 0.15) is 52.9 Å². The molecule has 2 rings (SSSR count). The van der Waals surface area contributed by atoms with Gasteiger partial charge in [-0.15, -0.1) is 0 Å². The van der Waals surface area contributed by atoms with E-state index < -0.39 is 5.60 Å². The number of hydrogen-bond donors (Lipinski definition) is 1. The molecule has 2 aliphatic rings. The molecule has 1 heterocycles. The fourth-order valence-electron chi connectivity index (χ4n) is 3.20. The quantitative estimate of drug-likeness (QED) is 0.723. The smallest absolute Gasteiger partial charge is 0.410 e. The Morgan fingerprint density at radius 3 is 2.50 bits per heavy atom. The van der Waals surface area contributed by atoms with Crippen molar-refractivity contribution in [3.63, 3.8) is 0 Å². The molecule has 0 aromatic heterocycles. The number of aliphatic hydroxyl groups is 1. The minimum atomic E-state index is -0.448. The summed E-state index contributed by atoms with van der Waals surface area (Å²) in [6, 6.07) is 0. The molecule has 0 bridgehead atoms. The molecule has 1 atom stereocenters. The van der Waals surface area contributed by atoms with Gasteiger partial charge in [0, 0.05) is 18.5 Å². The van der Waals surface area contributed by atoms with Gasteiger partial charge in [0.15, 0.2) is 0 Å². The molecule has 1 N–H and O–H groups in total. The maximum Gasteiger partial charge on any atom is 0.410 e. The zero-order chi connectivity index (χ0) is 13.4. The van der Waals surface area contributed by atoms with Crippen molar-refractivity contribution in [3.8, 4) is 0 Å². The van der Waals surface area contributed by atoms with Crippen molar-refractivity contribution in [3.05, 3.63) is 0 Å². The number of ether oxygens (including phenoxy) is 1. The maximum absolute atomic E-state index is 12.1. The highest BCUT2D eigenvalue weighted by molar-refractivity contribution is 5.68. The molecule has 1 saturated carbocycles. The third-order valence-electron chi connectivity index (χ3n) is 4.14. The van der Waals surface area contributed by atoms with E-state index in [0.29, 0.717) is 19.5 Å². The van der Waals surface area contributed by atoms with E-state index in [4.69, 9.17) is 4.74 Å². The SMILES string of the molecule is CC(C)(C)OC(=O)N1CCC(O)C2(CCCC2)C1. The number of hydrogen-bond acceptors (Lipinski definition) is 3. The summed E-state index contributed by atoms with van der Waals surface area (Å²) >= 11 is 0. The summed E-state index contributed by atoms with van der Waals surface area (Å²) in [6.45, 7) is 6.92. The zero-order valence-corrected chi connectivity index (χ0v) is 11.7. The van der Waals surface area contributed by atoms with Crippen LogP contribution in [0.3, 0.4) is 0 Å². The van der Waals surface area contributed by atoms with E-state index in [1.807, 2.05) is 20.8 Å². The molecule has 1 amide bonds. The Morgan fingerprint density at radius 1 is 1.33 bits per heavy atom. The fourth-order valence-corrected chi connectivity index (χ4v) is 3.20. The van der Waals surface area contributed by atoms with E-state index in [-0.39, 0.29) is 17.6 Å². The second-order valence-corrected chi connectivity index (χ2v) is 6.78. The third-order valence-corrected chi connectivity index (χ3v) is 4.14. The van der Waals surface area contributed by atoms with Crippen LogP contribution in [-0.4, -0.2) is 40.9 Å². The lowest BCUT2D eigenvalue weighted by Gasteiger charge is -2.44. The van der Waals surface area contributed by atoms with Crippen LogP contribution in [0.25, 0.3) is 0 Å². The Kier molecular flexibility index (Phi) is 3.58. The van der Waals surface area contributed by atoms with Gasteiger partial charge < -0.3 is 14.7 Å². The lowest BCUT2D eigenvalue weighted by molar-refractivity contribution is -0.0509. The van der Waals surface area contributed by atoms with Gasteiger partial charge in [0.05, 0.1) is 6.10 Å². The van der Waals surface area contributed by atoms with Gasteiger partial charge in [0.25, 0.3) is 0 Å². The van der Waals surface area contributed by atoms with Crippen LogP contribution in [-0.2, 0) is 4.74 Å². The van der Waals surface area contributed by atoms with Crippen molar-refractivity contribution in [2.75, 3.05) is 13.1 Å². The van der Waals surface area contributed by atoms with Crippen molar-refractivity contribution in [1.29, 1.82) is 0 Å². The zero-order valence-electron chi connectivity index (χ0n) is 11.7. The standard InChI is InChI=1S/C14H25NO3/c1-13(2,3)18-12(17)15-9-6-11(16)14(10-15)7-4-5-8-14/h11,16H,4-10H2,1-3H3. The van der Waals surface area contributed by atoms with Crippen LogP contribution in [0.15, 0.2) is 0 Å². The molecule has 2 fully saturated rings. The van der Waals surface area contributed by atoms with Crippen LogP contribution >= 0.6 is 0 Å². The predicted molar refractivity (Wildman–Crippen MR) is 69.3 cm³/mol. The van der Waals surface area contributed by atoms with Crippen LogP contribution < -0.4 is 0 Å². The first-order valence-corrected chi connectivity index (χ1v) is 6.98. The van der Waals surface area contributed by atoms with Crippen molar-refractivity contribution >= 4 is 6.09 Å². The van der Waals surface area contributed by atoms with E-state index in [0.717, 1.165) is 12.8 Å². The second-order valence-electron chi connectivity index (χ2n) is 6.78. The lowest BCUT2D eigenvalue weighted by atomic mass is 9.76. The van der Waals surface area contributed by atoms with Crippen LogP contribution in [0, 0.1) is 5.41 Å². The van der Waals surface area contributed by atoms with E-state index in [2.05, 4.69) is 0 Å². The average Bonchev–Trinajstić information content (AvgIpc) is 2.69. The fraction of sp³-hybridized carbons (Fsp3) is 0.929. The van der Waals surface area contributed by atoms with E-state index in [1.54, 1.807) is 4.90 Å². The lowest BCUT2D eigenvalue weighted by Crippen LogP contribution is -2.53.